The molecule has 1 saturated heterocycles. The third-order valence-corrected chi connectivity index (χ3v) is 8.64. The molecule has 0 aromatic carbocycles. The van der Waals surface area contributed by atoms with Crippen LogP contribution in [-0.2, 0) is 29.4 Å². The number of esters is 1. The van der Waals surface area contributed by atoms with Gasteiger partial charge in [-0.05, 0) is 17.9 Å². The molecule has 0 aliphatic carbocycles. The van der Waals surface area contributed by atoms with Gasteiger partial charge in [0.1, 0.15) is 9.77 Å². The van der Waals surface area contributed by atoms with Gasteiger partial charge in [0.2, 0.25) is 15.9 Å². The molecule has 1 aromatic heterocycles. The van der Waals surface area contributed by atoms with Gasteiger partial charge in [-0.3, -0.25) is 4.79 Å². The lowest BCUT2D eigenvalue weighted by Crippen LogP contribution is -2.44. The van der Waals surface area contributed by atoms with Crippen molar-refractivity contribution in [2.75, 3.05) is 31.7 Å². The Morgan fingerprint density at radius 3 is 2.65 bits per heavy atom. The molecule has 0 saturated carbocycles. The molecular weight excluding hydrogens is 404 g/mol. The summed E-state index contributed by atoms with van der Waals surface area (Å²) in [4.78, 5) is 23.6. The van der Waals surface area contributed by atoms with Crippen molar-refractivity contribution in [2.24, 2.45) is 0 Å². The van der Waals surface area contributed by atoms with Gasteiger partial charge in [0.05, 0.1) is 25.2 Å². The van der Waals surface area contributed by atoms with Crippen LogP contribution in [0.15, 0.2) is 16.3 Å². The van der Waals surface area contributed by atoms with E-state index in [1.807, 2.05) is 0 Å². The lowest BCUT2D eigenvalue weighted by Gasteiger charge is -2.21. The Hall–Kier alpha value is -1.50. The molecule has 0 radical (unpaired) electrons. The summed E-state index contributed by atoms with van der Waals surface area (Å²) in [7, 11) is -6.08. The first-order chi connectivity index (χ1) is 12.1. The number of sulfonamides is 1. The summed E-state index contributed by atoms with van der Waals surface area (Å²) in [6.07, 6.45) is 0.309. The second kappa shape index (κ2) is 8.03. The highest BCUT2D eigenvalue weighted by Crippen LogP contribution is 2.26. The van der Waals surface area contributed by atoms with Crippen LogP contribution in [0.4, 0.5) is 0 Å². The van der Waals surface area contributed by atoms with E-state index in [-0.39, 0.29) is 27.8 Å². The van der Waals surface area contributed by atoms with Gasteiger partial charge in [0.25, 0.3) is 0 Å². The number of hydrogen-bond acceptors (Lipinski definition) is 8. The number of carbonyl (C=O) groups is 2. The van der Waals surface area contributed by atoms with E-state index < -0.39 is 44.3 Å². The molecule has 1 aromatic rings. The molecule has 2 heterocycles. The van der Waals surface area contributed by atoms with Gasteiger partial charge in [-0.1, -0.05) is 6.92 Å². The molecule has 0 bridgehead atoms. The number of carbonyl (C=O) groups excluding carboxylic acids is 2. The normalized spacial score (nSPS) is 19.4. The fraction of sp³-hybridized carbons (Fsp3) is 0.571. The van der Waals surface area contributed by atoms with Crippen molar-refractivity contribution < 1.29 is 31.2 Å². The van der Waals surface area contributed by atoms with Crippen molar-refractivity contribution in [3.63, 3.8) is 0 Å². The van der Waals surface area contributed by atoms with E-state index in [2.05, 4.69) is 10.1 Å². The summed E-state index contributed by atoms with van der Waals surface area (Å²) in [5.41, 5.74) is 0. The molecule has 1 unspecified atom stereocenters. The Labute approximate surface area is 156 Å². The summed E-state index contributed by atoms with van der Waals surface area (Å²) in [6.45, 7) is 1.11. The molecular formula is C14H20N2O7S3. The molecule has 0 spiro atoms. The van der Waals surface area contributed by atoms with E-state index in [9.17, 15) is 26.4 Å². The number of methoxy groups -OCH3 is 1. The summed E-state index contributed by atoms with van der Waals surface area (Å²) in [6, 6.07) is 0.775. The minimum absolute atomic E-state index is 0.00509. The second-order valence-corrected chi connectivity index (χ2v) is 10.8. The molecule has 1 N–H and O–H groups in total. The van der Waals surface area contributed by atoms with Crippen molar-refractivity contribution in [1.82, 2.24) is 9.62 Å². The molecule has 1 aliphatic rings. The first-order valence-corrected chi connectivity index (χ1v) is 11.9. The van der Waals surface area contributed by atoms with Crippen LogP contribution >= 0.6 is 11.3 Å². The Balaban J connectivity index is 2.13. The van der Waals surface area contributed by atoms with Gasteiger partial charge < -0.3 is 10.1 Å². The predicted octanol–water partition coefficient (Wildman–Crippen LogP) is -0.151. The number of nitrogens with zero attached hydrogens (tertiary/aromatic N) is 1. The SMILES string of the molecule is CCN(CC(=O)NC1CCS(=O)(=O)C1)S(=O)(=O)c1ccsc1C(=O)OC. The first-order valence-electron chi connectivity index (χ1n) is 7.76. The number of thiophene rings is 1. The number of amides is 1. The number of rotatable bonds is 7. The molecule has 1 amide bonds. The third-order valence-electron chi connectivity index (χ3n) is 3.89. The van der Waals surface area contributed by atoms with Gasteiger partial charge in [-0.2, -0.15) is 4.31 Å². The third kappa shape index (κ3) is 4.61. The molecule has 9 nitrogen and oxygen atoms in total. The largest absolute Gasteiger partial charge is 0.465 e. The van der Waals surface area contributed by atoms with E-state index in [1.54, 1.807) is 6.92 Å². The van der Waals surface area contributed by atoms with Gasteiger partial charge in [0.15, 0.2) is 9.84 Å². The second-order valence-electron chi connectivity index (χ2n) is 5.70. The molecule has 2 rings (SSSR count). The number of sulfone groups is 1. The van der Waals surface area contributed by atoms with Gasteiger partial charge >= 0.3 is 5.97 Å². The molecule has 1 fully saturated rings. The van der Waals surface area contributed by atoms with E-state index in [0.717, 1.165) is 22.8 Å². The van der Waals surface area contributed by atoms with Gasteiger partial charge in [-0.25, -0.2) is 21.6 Å². The summed E-state index contributed by atoms with van der Waals surface area (Å²) in [5, 5.41) is 4.01. The van der Waals surface area contributed by atoms with E-state index in [1.165, 1.54) is 11.4 Å². The summed E-state index contributed by atoms with van der Waals surface area (Å²) < 4.78 is 54.0. The van der Waals surface area contributed by atoms with E-state index in [4.69, 9.17) is 0 Å². The highest BCUT2D eigenvalue weighted by Gasteiger charge is 2.33. The highest BCUT2D eigenvalue weighted by atomic mass is 32.2. The molecule has 26 heavy (non-hydrogen) atoms. The first kappa shape index (κ1) is 20.8. The average molecular weight is 425 g/mol. The standard InChI is InChI=1S/C14H20N2O7S3/c1-3-16(8-12(17)15-10-5-7-25(19,20)9-10)26(21,22)11-4-6-24-13(11)14(18)23-2/h4,6,10H,3,5,7-9H2,1-2H3,(H,15,17). The minimum Gasteiger partial charge on any atom is -0.465 e. The fourth-order valence-corrected chi connectivity index (χ4v) is 6.98. The number of likely N-dealkylation sites (N-methyl/N-ethyl adjacent to an activating group) is 1. The average Bonchev–Trinajstić information content (AvgIpc) is 3.18. The maximum atomic E-state index is 12.8. The van der Waals surface area contributed by atoms with Crippen LogP contribution in [0.3, 0.4) is 0 Å². The minimum atomic E-state index is -4.08. The van der Waals surface area contributed by atoms with E-state index >= 15 is 0 Å². The highest BCUT2D eigenvalue weighted by molar-refractivity contribution is 7.91. The lowest BCUT2D eigenvalue weighted by molar-refractivity contribution is -0.121. The molecule has 146 valence electrons. The van der Waals surface area contributed by atoms with Crippen LogP contribution in [0.1, 0.15) is 23.0 Å². The lowest BCUT2D eigenvalue weighted by atomic mass is 10.2. The van der Waals surface area contributed by atoms with Gasteiger partial charge in [-0.15, -0.1) is 11.3 Å². The van der Waals surface area contributed by atoms with Crippen LogP contribution in [0.25, 0.3) is 0 Å². The fourth-order valence-electron chi connectivity index (χ4n) is 2.59. The smallest absolute Gasteiger partial charge is 0.349 e. The van der Waals surface area contributed by atoms with Crippen molar-refractivity contribution in [3.05, 3.63) is 16.3 Å². The maximum absolute atomic E-state index is 12.8. The maximum Gasteiger partial charge on any atom is 0.349 e. The zero-order chi connectivity index (χ0) is 19.5. The van der Waals surface area contributed by atoms with Crippen molar-refractivity contribution >= 4 is 43.1 Å². The monoisotopic (exact) mass is 424 g/mol. The van der Waals surface area contributed by atoms with Crippen LogP contribution in [0, 0.1) is 0 Å². The molecule has 1 aliphatic heterocycles. The van der Waals surface area contributed by atoms with E-state index in [0.29, 0.717) is 6.42 Å². The number of hydrogen-bond donors (Lipinski definition) is 1. The van der Waals surface area contributed by atoms with Crippen molar-refractivity contribution in [2.45, 2.75) is 24.3 Å². The quantitative estimate of drug-likeness (QED) is 0.603. The van der Waals surface area contributed by atoms with Crippen molar-refractivity contribution in [1.29, 1.82) is 0 Å². The summed E-state index contributed by atoms with van der Waals surface area (Å²) in [5.74, 6) is -1.50. The number of ether oxygens (including phenoxy) is 1. The Morgan fingerprint density at radius 2 is 2.12 bits per heavy atom. The van der Waals surface area contributed by atoms with Gasteiger partial charge in [0, 0.05) is 12.6 Å². The van der Waals surface area contributed by atoms with Crippen LogP contribution in [-0.4, -0.2) is 70.8 Å². The molecule has 1 atom stereocenters. The number of nitrogens with one attached hydrogen (secondary N) is 1. The Bertz CT molecular complexity index is 889. The summed E-state index contributed by atoms with van der Waals surface area (Å²) >= 11 is 0.934. The van der Waals surface area contributed by atoms with Crippen LogP contribution in [0.2, 0.25) is 0 Å². The van der Waals surface area contributed by atoms with Crippen LogP contribution in [0.5, 0.6) is 0 Å². The Morgan fingerprint density at radius 1 is 1.42 bits per heavy atom. The zero-order valence-corrected chi connectivity index (χ0v) is 16.7. The zero-order valence-electron chi connectivity index (χ0n) is 14.3. The van der Waals surface area contributed by atoms with Crippen LogP contribution < -0.4 is 5.32 Å². The molecule has 12 heteroatoms. The van der Waals surface area contributed by atoms with Crippen molar-refractivity contribution in [3.8, 4) is 0 Å². The Kier molecular flexibility index (Phi) is 6.42. The predicted molar refractivity (Wildman–Crippen MR) is 95.3 cm³/mol. The topological polar surface area (TPSA) is 127 Å².